The molecule has 1 aliphatic rings. The lowest BCUT2D eigenvalue weighted by Gasteiger charge is -2.30. The highest BCUT2D eigenvalue weighted by atomic mass is 16.2. The first-order valence-corrected chi connectivity index (χ1v) is 9.96. The normalized spacial score (nSPS) is 14.0. The number of nitrogens with zero attached hydrogens (tertiary/aromatic N) is 1. The molecular formula is C25H24N2O2. The number of amides is 2. The summed E-state index contributed by atoms with van der Waals surface area (Å²) in [6, 6.07) is 26.7. The molecule has 0 aliphatic carbocycles. The van der Waals surface area contributed by atoms with Crippen LogP contribution in [0, 0.1) is 0 Å². The van der Waals surface area contributed by atoms with E-state index in [9.17, 15) is 9.59 Å². The van der Waals surface area contributed by atoms with Crippen LogP contribution in [-0.2, 0) is 17.8 Å². The molecule has 4 heteroatoms. The second-order valence-electron chi connectivity index (χ2n) is 7.34. The van der Waals surface area contributed by atoms with Crippen LogP contribution in [0.4, 0.5) is 0 Å². The zero-order chi connectivity index (χ0) is 20.1. The maximum atomic E-state index is 13.1. The fourth-order valence-corrected chi connectivity index (χ4v) is 3.78. The minimum Gasteiger partial charge on any atom is -0.345 e. The number of hydrogen-bond donors (Lipinski definition) is 1. The van der Waals surface area contributed by atoms with Gasteiger partial charge in [-0.25, -0.2) is 0 Å². The quantitative estimate of drug-likeness (QED) is 0.719. The van der Waals surface area contributed by atoms with Crippen LogP contribution in [0.5, 0.6) is 0 Å². The van der Waals surface area contributed by atoms with E-state index in [1.54, 1.807) is 12.1 Å². The maximum absolute atomic E-state index is 13.1. The van der Waals surface area contributed by atoms with Crippen molar-refractivity contribution < 1.29 is 9.59 Å². The first kappa shape index (κ1) is 18.9. The van der Waals surface area contributed by atoms with Gasteiger partial charge in [-0.15, -0.1) is 0 Å². The van der Waals surface area contributed by atoms with Gasteiger partial charge in [0.25, 0.3) is 5.91 Å². The lowest BCUT2D eigenvalue weighted by atomic mass is 9.98. The highest BCUT2D eigenvalue weighted by molar-refractivity contribution is 5.94. The van der Waals surface area contributed by atoms with Gasteiger partial charge in [0, 0.05) is 18.7 Å². The monoisotopic (exact) mass is 384 g/mol. The summed E-state index contributed by atoms with van der Waals surface area (Å²) in [6.45, 7) is 1.34. The van der Waals surface area contributed by atoms with E-state index >= 15 is 0 Å². The Kier molecular flexibility index (Phi) is 5.71. The van der Waals surface area contributed by atoms with Gasteiger partial charge in [0.1, 0.15) is 0 Å². The van der Waals surface area contributed by atoms with Crippen LogP contribution in [0.3, 0.4) is 0 Å². The summed E-state index contributed by atoms with van der Waals surface area (Å²) in [6.07, 6.45) is 1.11. The molecule has 29 heavy (non-hydrogen) atoms. The summed E-state index contributed by atoms with van der Waals surface area (Å²) in [5.41, 5.74) is 4.04. The first-order valence-electron chi connectivity index (χ1n) is 9.96. The Balaban J connectivity index is 1.50. The number of hydrogen-bond acceptors (Lipinski definition) is 2. The average Bonchev–Trinajstić information content (AvgIpc) is 2.79. The van der Waals surface area contributed by atoms with Gasteiger partial charge in [-0.05, 0) is 35.2 Å². The zero-order valence-electron chi connectivity index (χ0n) is 16.3. The minimum atomic E-state index is -0.367. The molecule has 0 saturated carbocycles. The predicted octanol–water partition coefficient (Wildman–Crippen LogP) is 4.13. The van der Waals surface area contributed by atoms with Crippen LogP contribution in [0.1, 0.15) is 39.5 Å². The van der Waals surface area contributed by atoms with E-state index in [0.717, 1.165) is 12.0 Å². The molecule has 3 aromatic carbocycles. The number of nitrogens with one attached hydrogen (secondary N) is 1. The summed E-state index contributed by atoms with van der Waals surface area (Å²) in [5, 5.41) is 3.05. The SMILES string of the molecule is O=C(NC(CC(=O)N1CCc2ccccc2C1)c1ccccc1)c1ccccc1. The van der Waals surface area contributed by atoms with E-state index in [1.807, 2.05) is 65.6 Å². The molecule has 0 aromatic heterocycles. The third-order valence-corrected chi connectivity index (χ3v) is 5.41. The molecule has 1 atom stereocenters. The van der Waals surface area contributed by atoms with Crippen molar-refractivity contribution in [3.05, 3.63) is 107 Å². The average molecular weight is 384 g/mol. The topological polar surface area (TPSA) is 49.4 Å². The number of benzene rings is 3. The van der Waals surface area contributed by atoms with E-state index in [4.69, 9.17) is 0 Å². The molecule has 1 unspecified atom stereocenters. The molecule has 4 rings (SSSR count). The summed E-state index contributed by atoms with van der Waals surface area (Å²) >= 11 is 0. The zero-order valence-corrected chi connectivity index (χ0v) is 16.3. The Bertz CT molecular complexity index is 986. The molecule has 0 bridgehead atoms. The molecule has 1 N–H and O–H groups in total. The lowest BCUT2D eigenvalue weighted by molar-refractivity contribution is -0.132. The largest absolute Gasteiger partial charge is 0.345 e. The summed E-state index contributed by atoms with van der Waals surface area (Å²) < 4.78 is 0. The molecule has 0 fully saturated rings. The summed E-state index contributed by atoms with van der Waals surface area (Å²) in [5.74, 6) is -0.113. The van der Waals surface area contributed by atoms with E-state index in [2.05, 4.69) is 17.4 Å². The Morgan fingerprint density at radius 1 is 0.828 bits per heavy atom. The van der Waals surface area contributed by atoms with Crippen LogP contribution in [0.15, 0.2) is 84.9 Å². The van der Waals surface area contributed by atoms with Crippen LogP contribution >= 0.6 is 0 Å². The summed E-state index contributed by atoms with van der Waals surface area (Å²) in [7, 11) is 0. The second kappa shape index (κ2) is 8.74. The van der Waals surface area contributed by atoms with Gasteiger partial charge in [0.15, 0.2) is 0 Å². The highest BCUT2D eigenvalue weighted by Crippen LogP contribution is 2.23. The van der Waals surface area contributed by atoms with Crippen molar-refractivity contribution in [2.24, 2.45) is 0 Å². The molecule has 146 valence electrons. The molecule has 0 radical (unpaired) electrons. The van der Waals surface area contributed by atoms with Gasteiger partial charge < -0.3 is 10.2 Å². The van der Waals surface area contributed by atoms with Crippen LogP contribution in [0.25, 0.3) is 0 Å². The van der Waals surface area contributed by atoms with Crippen molar-refractivity contribution in [2.45, 2.75) is 25.4 Å². The number of rotatable bonds is 5. The Morgan fingerprint density at radius 2 is 1.45 bits per heavy atom. The molecule has 4 nitrogen and oxygen atoms in total. The van der Waals surface area contributed by atoms with Gasteiger partial charge in [0.2, 0.25) is 5.91 Å². The van der Waals surface area contributed by atoms with Gasteiger partial charge >= 0.3 is 0 Å². The van der Waals surface area contributed by atoms with E-state index < -0.39 is 0 Å². The number of carbonyl (C=O) groups excluding carboxylic acids is 2. The molecule has 1 heterocycles. The highest BCUT2D eigenvalue weighted by Gasteiger charge is 2.25. The fourth-order valence-electron chi connectivity index (χ4n) is 3.78. The van der Waals surface area contributed by atoms with Gasteiger partial charge in [-0.3, -0.25) is 9.59 Å². The lowest BCUT2D eigenvalue weighted by Crippen LogP contribution is -2.39. The Hall–Kier alpha value is -3.40. The van der Waals surface area contributed by atoms with E-state index in [-0.39, 0.29) is 24.3 Å². The third kappa shape index (κ3) is 4.54. The summed E-state index contributed by atoms with van der Waals surface area (Å²) in [4.78, 5) is 27.7. The fraction of sp³-hybridized carbons (Fsp3) is 0.200. The number of fused-ring (bicyclic) bond motifs is 1. The van der Waals surface area contributed by atoms with E-state index in [0.29, 0.717) is 18.7 Å². The van der Waals surface area contributed by atoms with Crippen molar-refractivity contribution in [2.75, 3.05) is 6.54 Å². The van der Waals surface area contributed by atoms with Crippen molar-refractivity contribution >= 4 is 11.8 Å². The van der Waals surface area contributed by atoms with Crippen molar-refractivity contribution in [3.8, 4) is 0 Å². The standard InChI is InChI=1S/C25H24N2O2/c28-24(27-16-15-19-9-7-8-14-22(19)18-27)17-23(20-10-3-1-4-11-20)26-25(29)21-12-5-2-6-13-21/h1-14,23H,15-18H2,(H,26,29). The molecule has 1 aliphatic heterocycles. The Morgan fingerprint density at radius 3 is 2.17 bits per heavy atom. The maximum Gasteiger partial charge on any atom is 0.251 e. The van der Waals surface area contributed by atoms with Gasteiger partial charge in [0.05, 0.1) is 12.5 Å². The molecular weight excluding hydrogens is 360 g/mol. The molecule has 3 aromatic rings. The van der Waals surface area contributed by atoms with Crippen molar-refractivity contribution in [3.63, 3.8) is 0 Å². The molecule has 0 saturated heterocycles. The number of carbonyl (C=O) groups is 2. The van der Waals surface area contributed by atoms with Crippen molar-refractivity contribution in [1.29, 1.82) is 0 Å². The van der Waals surface area contributed by atoms with Gasteiger partial charge in [-0.2, -0.15) is 0 Å². The smallest absolute Gasteiger partial charge is 0.251 e. The minimum absolute atomic E-state index is 0.0571. The molecule has 2 amide bonds. The first-order chi connectivity index (χ1) is 14.2. The Labute approximate surface area is 171 Å². The van der Waals surface area contributed by atoms with Crippen molar-refractivity contribution in [1.82, 2.24) is 10.2 Å². The second-order valence-corrected chi connectivity index (χ2v) is 7.34. The van der Waals surface area contributed by atoms with Crippen LogP contribution in [-0.4, -0.2) is 23.3 Å². The third-order valence-electron chi connectivity index (χ3n) is 5.41. The van der Waals surface area contributed by atoms with Crippen LogP contribution in [0.2, 0.25) is 0 Å². The predicted molar refractivity (Wildman–Crippen MR) is 113 cm³/mol. The van der Waals surface area contributed by atoms with Gasteiger partial charge in [-0.1, -0.05) is 72.8 Å². The van der Waals surface area contributed by atoms with E-state index in [1.165, 1.54) is 11.1 Å². The van der Waals surface area contributed by atoms with Crippen LogP contribution < -0.4 is 5.32 Å². The molecule has 0 spiro atoms.